The van der Waals surface area contributed by atoms with Crippen molar-refractivity contribution in [3.8, 4) is 0 Å². The van der Waals surface area contributed by atoms with Gasteiger partial charge in [-0.1, -0.05) is 20.8 Å². The third-order valence-corrected chi connectivity index (χ3v) is 3.97. The third kappa shape index (κ3) is 4.34. The minimum Gasteiger partial charge on any atom is -0.317 e. The van der Waals surface area contributed by atoms with E-state index in [2.05, 4.69) is 44.6 Å². The molecule has 0 saturated heterocycles. The van der Waals surface area contributed by atoms with E-state index in [0.717, 1.165) is 32.4 Å². The Balaban J connectivity index is 2.63. The van der Waals surface area contributed by atoms with Crippen LogP contribution in [-0.2, 0) is 6.42 Å². The molecular weight excluding hydrogens is 234 g/mol. The fourth-order valence-corrected chi connectivity index (χ4v) is 2.74. The molecule has 1 rings (SSSR count). The molecule has 0 aliphatic carbocycles. The molecule has 0 amide bonds. The lowest BCUT2D eigenvalue weighted by molar-refractivity contribution is 0.418. The first kappa shape index (κ1) is 16.2. The molecular formula is C16H31N3. The Kier molecular flexibility index (Phi) is 7.14. The zero-order valence-corrected chi connectivity index (χ0v) is 13.4. The van der Waals surface area contributed by atoms with Crippen LogP contribution in [0.4, 0.5) is 0 Å². The summed E-state index contributed by atoms with van der Waals surface area (Å²) >= 11 is 0. The smallest absolute Gasteiger partial charge is 0.0628 e. The fourth-order valence-electron chi connectivity index (χ4n) is 2.74. The van der Waals surface area contributed by atoms with Gasteiger partial charge in [-0.2, -0.15) is 5.10 Å². The second kappa shape index (κ2) is 8.36. The average molecular weight is 265 g/mol. The van der Waals surface area contributed by atoms with Crippen LogP contribution in [-0.4, -0.2) is 22.9 Å². The Morgan fingerprint density at radius 1 is 1.11 bits per heavy atom. The van der Waals surface area contributed by atoms with E-state index in [-0.39, 0.29) is 0 Å². The van der Waals surface area contributed by atoms with E-state index >= 15 is 0 Å². The average Bonchev–Trinajstić information content (AvgIpc) is 2.68. The molecule has 3 nitrogen and oxygen atoms in total. The van der Waals surface area contributed by atoms with Crippen LogP contribution in [0, 0.1) is 13.8 Å². The zero-order chi connectivity index (χ0) is 14.3. The molecule has 0 unspecified atom stereocenters. The van der Waals surface area contributed by atoms with Crippen LogP contribution in [0.25, 0.3) is 0 Å². The number of rotatable bonds is 9. The van der Waals surface area contributed by atoms with Gasteiger partial charge in [-0.15, -0.1) is 0 Å². The minimum absolute atomic E-state index is 0.561. The first-order chi connectivity index (χ1) is 9.15. The zero-order valence-electron chi connectivity index (χ0n) is 13.4. The molecule has 110 valence electrons. The largest absolute Gasteiger partial charge is 0.317 e. The Morgan fingerprint density at radius 3 is 2.37 bits per heavy atom. The van der Waals surface area contributed by atoms with Gasteiger partial charge in [0.2, 0.25) is 0 Å². The van der Waals surface area contributed by atoms with Gasteiger partial charge < -0.3 is 5.32 Å². The highest BCUT2D eigenvalue weighted by atomic mass is 15.3. The molecule has 1 aromatic rings. The third-order valence-electron chi connectivity index (χ3n) is 3.97. The standard InChI is InChI=1S/C16H31N3/c1-6-11-17-12-9-10-16-13(4)18-19(14(16)5)15(7-2)8-3/h15,17H,6-12H2,1-5H3. The second-order valence-electron chi connectivity index (χ2n) is 5.42. The molecule has 0 spiro atoms. The van der Waals surface area contributed by atoms with Crippen LogP contribution in [0.2, 0.25) is 0 Å². The maximum atomic E-state index is 4.76. The summed E-state index contributed by atoms with van der Waals surface area (Å²) in [5, 5.41) is 8.23. The van der Waals surface area contributed by atoms with Gasteiger partial charge in [0.1, 0.15) is 0 Å². The SMILES string of the molecule is CCCNCCCc1c(C)nn(C(CC)CC)c1C. The summed E-state index contributed by atoms with van der Waals surface area (Å²) in [5.41, 5.74) is 4.06. The van der Waals surface area contributed by atoms with E-state index in [0.29, 0.717) is 6.04 Å². The van der Waals surface area contributed by atoms with Gasteiger partial charge in [-0.25, -0.2) is 0 Å². The number of hydrogen-bond donors (Lipinski definition) is 1. The molecule has 3 heteroatoms. The highest BCUT2D eigenvalue weighted by Gasteiger charge is 2.15. The van der Waals surface area contributed by atoms with Crippen LogP contribution in [0.1, 0.15) is 69.4 Å². The summed E-state index contributed by atoms with van der Waals surface area (Å²) in [6.07, 6.45) is 5.89. The van der Waals surface area contributed by atoms with Crippen molar-refractivity contribution in [2.75, 3.05) is 13.1 Å². The molecule has 0 aliphatic rings. The van der Waals surface area contributed by atoms with E-state index in [9.17, 15) is 0 Å². The highest BCUT2D eigenvalue weighted by molar-refractivity contribution is 5.25. The van der Waals surface area contributed by atoms with Crippen molar-refractivity contribution < 1.29 is 0 Å². The van der Waals surface area contributed by atoms with Crippen LogP contribution in [0.3, 0.4) is 0 Å². The monoisotopic (exact) mass is 265 g/mol. The molecule has 0 bridgehead atoms. The molecule has 1 heterocycles. The lowest BCUT2D eigenvalue weighted by Gasteiger charge is -2.15. The Labute approximate surface area is 118 Å². The quantitative estimate of drug-likeness (QED) is 0.688. The molecule has 1 N–H and O–H groups in total. The van der Waals surface area contributed by atoms with Crippen LogP contribution in [0.15, 0.2) is 0 Å². The first-order valence-electron chi connectivity index (χ1n) is 7.90. The van der Waals surface area contributed by atoms with Gasteiger partial charge >= 0.3 is 0 Å². The van der Waals surface area contributed by atoms with Crippen molar-refractivity contribution in [1.82, 2.24) is 15.1 Å². The molecule has 0 aromatic carbocycles. The summed E-state index contributed by atoms with van der Waals surface area (Å²) in [4.78, 5) is 0. The number of aromatic nitrogens is 2. The van der Waals surface area contributed by atoms with Gasteiger partial charge in [-0.3, -0.25) is 4.68 Å². The van der Waals surface area contributed by atoms with Crippen LogP contribution in [0.5, 0.6) is 0 Å². The van der Waals surface area contributed by atoms with Crippen LogP contribution >= 0.6 is 0 Å². The van der Waals surface area contributed by atoms with E-state index in [1.807, 2.05) is 0 Å². The molecule has 0 radical (unpaired) electrons. The Morgan fingerprint density at radius 2 is 1.79 bits per heavy atom. The Hall–Kier alpha value is -0.830. The van der Waals surface area contributed by atoms with Crippen molar-refractivity contribution in [3.63, 3.8) is 0 Å². The van der Waals surface area contributed by atoms with Gasteiger partial charge in [0, 0.05) is 5.69 Å². The number of aryl methyl sites for hydroxylation is 1. The van der Waals surface area contributed by atoms with Crippen molar-refractivity contribution in [2.24, 2.45) is 0 Å². The number of nitrogens with zero attached hydrogens (tertiary/aromatic N) is 2. The van der Waals surface area contributed by atoms with Crippen molar-refractivity contribution in [2.45, 2.75) is 72.8 Å². The second-order valence-corrected chi connectivity index (χ2v) is 5.42. The molecule has 0 atom stereocenters. The predicted octanol–water partition coefficient (Wildman–Crippen LogP) is 3.79. The molecule has 0 saturated carbocycles. The van der Waals surface area contributed by atoms with Crippen LogP contribution < -0.4 is 5.32 Å². The van der Waals surface area contributed by atoms with E-state index in [1.54, 1.807) is 0 Å². The Bertz CT molecular complexity index is 364. The summed E-state index contributed by atoms with van der Waals surface area (Å²) in [6, 6.07) is 0.561. The lowest BCUT2D eigenvalue weighted by atomic mass is 10.1. The van der Waals surface area contributed by atoms with Crippen molar-refractivity contribution in [3.05, 3.63) is 17.0 Å². The van der Waals surface area contributed by atoms with Gasteiger partial charge in [0.05, 0.1) is 11.7 Å². The summed E-state index contributed by atoms with van der Waals surface area (Å²) in [5.74, 6) is 0. The summed E-state index contributed by atoms with van der Waals surface area (Å²) in [7, 11) is 0. The topological polar surface area (TPSA) is 29.9 Å². The first-order valence-corrected chi connectivity index (χ1v) is 7.90. The highest BCUT2D eigenvalue weighted by Crippen LogP contribution is 2.22. The van der Waals surface area contributed by atoms with E-state index in [4.69, 9.17) is 5.10 Å². The maximum absolute atomic E-state index is 4.76. The van der Waals surface area contributed by atoms with Gasteiger partial charge in [-0.05, 0) is 64.6 Å². The van der Waals surface area contributed by atoms with E-state index in [1.165, 1.54) is 29.8 Å². The predicted molar refractivity (Wildman–Crippen MR) is 82.8 cm³/mol. The summed E-state index contributed by atoms with van der Waals surface area (Å²) in [6.45, 7) is 13.3. The normalized spacial score (nSPS) is 11.5. The summed E-state index contributed by atoms with van der Waals surface area (Å²) < 4.78 is 2.25. The lowest BCUT2D eigenvalue weighted by Crippen LogP contribution is -2.16. The molecule has 0 fully saturated rings. The molecule has 1 aromatic heterocycles. The van der Waals surface area contributed by atoms with Gasteiger partial charge in [0.15, 0.2) is 0 Å². The molecule has 0 aliphatic heterocycles. The number of nitrogens with one attached hydrogen (secondary N) is 1. The number of hydrogen-bond acceptors (Lipinski definition) is 2. The molecule has 19 heavy (non-hydrogen) atoms. The fraction of sp³-hybridized carbons (Fsp3) is 0.812. The van der Waals surface area contributed by atoms with Crippen molar-refractivity contribution in [1.29, 1.82) is 0 Å². The van der Waals surface area contributed by atoms with Gasteiger partial charge in [0.25, 0.3) is 0 Å². The maximum Gasteiger partial charge on any atom is 0.0628 e. The van der Waals surface area contributed by atoms with E-state index < -0.39 is 0 Å². The van der Waals surface area contributed by atoms with Crippen molar-refractivity contribution >= 4 is 0 Å². The minimum atomic E-state index is 0.561.